The highest BCUT2D eigenvalue weighted by atomic mass is 79.9. The van der Waals surface area contributed by atoms with Gasteiger partial charge in [0.1, 0.15) is 0 Å². The minimum absolute atomic E-state index is 0.159. The third-order valence-corrected chi connectivity index (χ3v) is 5.41. The highest BCUT2D eigenvalue weighted by molar-refractivity contribution is 9.10. The molecule has 3 nitrogen and oxygen atoms in total. The smallest absolute Gasteiger partial charge is 0.253 e. The first-order chi connectivity index (χ1) is 11.2. The molecule has 1 aliphatic heterocycles. The predicted molar refractivity (Wildman–Crippen MR) is 97.7 cm³/mol. The Bertz CT molecular complexity index is 559. The molecule has 1 heterocycles. The van der Waals surface area contributed by atoms with Crippen LogP contribution in [0.2, 0.25) is 0 Å². The fourth-order valence-corrected chi connectivity index (χ4v) is 3.65. The summed E-state index contributed by atoms with van der Waals surface area (Å²) in [5.74, 6) is 0.159. The van der Waals surface area contributed by atoms with Gasteiger partial charge in [0.25, 0.3) is 5.91 Å². The van der Waals surface area contributed by atoms with Crippen molar-refractivity contribution >= 4 is 21.8 Å². The minimum Gasteiger partial charge on any atom is -0.336 e. The van der Waals surface area contributed by atoms with Crippen molar-refractivity contribution in [3.8, 4) is 0 Å². The Kier molecular flexibility index (Phi) is 5.90. The van der Waals surface area contributed by atoms with Gasteiger partial charge in [-0.2, -0.15) is 0 Å². The molecule has 1 fully saturated rings. The number of hydrogen-bond acceptors (Lipinski definition) is 2. The Morgan fingerprint density at radius 2 is 1.78 bits per heavy atom. The van der Waals surface area contributed by atoms with Crippen LogP contribution in [0.5, 0.6) is 0 Å². The largest absolute Gasteiger partial charge is 0.336 e. The Labute approximate surface area is 147 Å². The molecule has 1 aliphatic carbocycles. The Hall–Kier alpha value is -1.13. The van der Waals surface area contributed by atoms with E-state index in [2.05, 4.69) is 26.9 Å². The number of amides is 1. The van der Waals surface area contributed by atoms with Gasteiger partial charge in [-0.05, 0) is 56.4 Å². The lowest BCUT2D eigenvalue weighted by Crippen LogP contribution is -2.48. The van der Waals surface area contributed by atoms with Crippen LogP contribution in [0, 0.1) is 0 Å². The maximum Gasteiger partial charge on any atom is 0.253 e. The van der Waals surface area contributed by atoms with E-state index in [1.165, 1.54) is 32.1 Å². The molecule has 23 heavy (non-hydrogen) atoms. The van der Waals surface area contributed by atoms with Gasteiger partial charge in [-0.15, -0.1) is 0 Å². The second-order valence-electron chi connectivity index (χ2n) is 6.50. The lowest BCUT2D eigenvalue weighted by atomic mass is 9.97. The molecular weight excluding hydrogens is 352 g/mol. The minimum atomic E-state index is 0.159. The molecular formula is C19H25BrN2O. The summed E-state index contributed by atoms with van der Waals surface area (Å²) in [6.07, 6.45) is 8.94. The van der Waals surface area contributed by atoms with E-state index in [9.17, 15) is 4.79 Å². The van der Waals surface area contributed by atoms with Crippen LogP contribution in [0.25, 0.3) is 0 Å². The van der Waals surface area contributed by atoms with Crippen molar-refractivity contribution in [2.24, 2.45) is 0 Å². The number of benzene rings is 1. The van der Waals surface area contributed by atoms with Crippen molar-refractivity contribution < 1.29 is 4.79 Å². The SMILES string of the molecule is O=C(c1ccc(Br)cc1)N1CCN(CCC2=CCCCC2)CC1. The van der Waals surface area contributed by atoms with Gasteiger partial charge in [0, 0.05) is 42.8 Å². The summed E-state index contributed by atoms with van der Waals surface area (Å²) in [4.78, 5) is 17.0. The van der Waals surface area contributed by atoms with Crippen molar-refractivity contribution in [2.75, 3.05) is 32.7 Å². The molecule has 1 amide bonds. The third-order valence-electron chi connectivity index (χ3n) is 4.88. The second-order valence-corrected chi connectivity index (χ2v) is 7.41. The van der Waals surface area contributed by atoms with E-state index >= 15 is 0 Å². The van der Waals surface area contributed by atoms with Crippen molar-refractivity contribution in [3.63, 3.8) is 0 Å². The fraction of sp³-hybridized carbons (Fsp3) is 0.526. The first kappa shape index (κ1) is 16.7. The van der Waals surface area contributed by atoms with Gasteiger partial charge in [0.05, 0.1) is 0 Å². The molecule has 0 aromatic heterocycles. The van der Waals surface area contributed by atoms with Gasteiger partial charge in [0.2, 0.25) is 0 Å². The topological polar surface area (TPSA) is 23.6 Å². The van der Waals surface area contributed by atoms with Crippen LogP contribution in [-0.4, -0.2) is 48.4 Å². The summed E-state index contributed by atoms with van der Waals surface area (Å²) < 4.78 is 1.01. The number of halogens is 1. The lowest BCUT2D eigenvalue weighted by molar-refractivity contribution is 0.0638. The van der Waals surface area contributed by atoms with Gasteiger partial charge in [-0.25, -0.2) is 0 Å². The molecule has 0 bridgehead atoms. The average molecular weight is 377 g/mol. The predicted octanol–water partition coefficient (Wildman–Crippen LogP) is 4.10. The van der Waals surface area contributed by atoms with Crippen molar-refractivity contribution in [1.82, 2.24) is 9.80 Å². The number of carbonyl (C=O) groups excluding carboxylic acids is 1. The molecule has 4 heteroatoms. The quantitative estimate of drug-likeness (QED) is 0.738. The number of nitrogens with zero attached hydrogens (tertiary/aromatic N) is 2. The zero-order valence-electron chi connectivity index (χ0n) is 13.6. The summed E-state index contributed by atoms with van der Waals surface area (Å²) in [6.45, 7) is 4.82. The molecule has 1 aromatic rings. The van der Waals surface area contributed by atoms with E-state index in [1.54, 1.807) is 5.57 Å². The van der Waals surface area contributed by atoms with Crippen LogP contribution in [0.15, 0.2) is 40.4 Å². The zero-order chi connectivity index (χ0) is 16.1. The molecule has 0 atom stereocenters. The van der Waals surface area contributed by atoms with Crippen molar-refractivity contribution in [2.45, 2.75) is 32.1 Å². The maximum absolute atomic E-state index is 12.5. The molecule has 0 spiro atoms. The second kappa shape index (κ2) is 8.11. The average Bonchev–Trinajstić information content (AvgIpc) is 2.61. The highest BCUT2D eigenvalue weighted by Crippen LogP contribution is 2.20. The van der Waals surface area contributed by atoms with E-state index in [1.807, 2.05) is 29.2 Å². The number of allylic oxidation sites excluding steroid dienone is 1. The summed E-state index contributed by atoms with van der Waals surface area (Å²) >= 11 is 3.41. The van der Waals surface area contributed by atoms with Gasteiger partial charge < -0.3 is 4.90 Å². The lowest BCUT2D eigenvalue weighted by Gasteiger charge is -2.35. The Morgan fingerprint density at radius 1 is 1.04 bits per heavy atom. The molecule has 0 radical (unpaired) electrons. The number of hydrogen-bond donors (Lipinski definition) is 0. The van der Waals surface area contributed by atoms with Crippen LogP contribution in [0.1, 0.15) is 42.5 Å². The monoisotopic (exact) mass is 376 g/mol. The van der Waals surface area contributed by atoms with Crippen molar-refractivity contribution in [3.05, 3.63) is 46.0 Å². The standard InChI is InChI=1S/C19H25BrN2O/c20-18-8-6-17(7-9-18)19(23)22-14-12-21(13-15-22)11-10-16-4-2-1-3-5-16/h4,6-9H,1-3,5,10-15H2. The van der Waals surface area contributed by atoms with Crippen LogP contribution in [-0.2, 0) is 0 Å². The van der Waals surface area contributed by atoms with Gasteiger partial charge in [-0.1, -0.05) is 27.6 Å². The zero-order valence-corrected chi connectivity index (χ0v) is 15.2. The van der Waals surface area contributed by atoms with E-state index in [4.69, 9.17) is 0 Å². The first-order valence-corrected chi connectivity index (χ1v) is 9.47. The summed E-state index contributed by atoms with van der Waals surface area (Å²) in [7, 11) is 0. The molecule has 3 rings (SSSR count). The van der Waals surface area contributed by atoms with E-state index < -0.39 is 0 Å². The van der Waals surface area contributed by atoms with Gasteiger partial charge in [0.15, 0.2) is 0 Å². The highest BCUT2D eigenvalue weighted by Gasteiger charge is 2.22. The number of rotatable bonds is 4. The van der Waals surface area contributed by atoms with E-state index in [0.29, 0.717) is 0 Å². The summed E-state index contributed by atoms with van der Waals surface area (Å²) in [6, 6.07) is 7.66. The van der Waals surface area contributed by atoms with E-state index in [0.717, 1.165) is 42.8 Å². The van der Waals surface area contributed by atoms with Gasteiger partial charge >= 0.3 is 0 Å². The Morgan fingerprint density at radius 3 is 2.43 bits per heavy atom. The van der Waals surface area contributed by atoms with Crippen LogP contribution >= 0.6 is 15.9 Å². The first-order valence-electron chi connectivity index (χ1n) is 8.67. The Balaban J connectivity index is 1.45. The molecule has 0 saturated carbocycles. The number of carbonyl (C=O) groups is 1. The van der Waals surface area contributed by atoms with E-state index in [-0.39, 0.29) is 5.91 Å². The molecule has 2 aliphatic rings. The molecule has 0 N–H and O–H groups in total. The fourth-order valence-electron chi connectivity index (χ4n) is 3.38. The molecule has 1 saturated heterocycles. The summed E-state index contributed by atoms with van der Waals surface area (Å²) in [5, 5.41) is 0. The molecule has 0 unspecified atom stereocenters. The molecule has 1 aromatic carbocycles. The number of piperazine rings is 1. The van der Waals surface area contributed by atoms with Crippen LogP contribution in [0.3, 0.4) is 0 Å². The van der Waals surface area contributed by atoms with Gasteiger partial charge in [-0.3, -0.25) is 9.69 Å². The molecule has 124 valence electrons. The van der Waals surface area contributed by atoms with Crippen molar-refractivity contribution in [1.29, 1.82) is 0 Å². The van der Waals surface area contributed by atoms with Crippen LogP contribution in [0.4, 0.5) is 0 Å². The normalized spacial score (nSPS) is 19.5. The van der Waals surface area contributed by atoms with Crippen LogP contribution < -0.4 is 0 Å². The summed E-state index contributed by atoms with van der Waals surface area (Å²) in [5.41, 5.74) is 2.43. The maximum atomic E-state index is 12.5. The third kappa shape index (κ3) is 4.67.